The standard InChI is InChI=1S/C27H29F3N6O3.ClH/c1-3-17-14-18(4-6-20(17)26(37)33-10-13-39-12-8-31)35-24-25-34-16-23(36(25)11-9-32-24)21-7-5-19(38-2)15-22(21)27(28,29)30;/h4-7,9,11,14-16H,3,8,10,12-13,31H2,1-2H3,(H,32,35)(H,33,37);1H. The SMILES string of the molecule is CCc1cc(Nc2nccn3c(-c4ccc(OC)cc4C(F)(F)F)cnc23)ccc1C(=O)NCCOCCN.Cl. The smallest absolute Gasteiger partial charge is 0.417 e. The number of rotatable bonds is 11. The van der Waals surface area contributed by atoms with Crippen molar-refractivity contribution in [2.24, 2.45) is 5.73 Å². The van der Waals surface area contributed by atoms with Crippen molar-refractivity contribution in [1.82, 2.24) is 19.7 Å². The number of amides is 1. The number of anilines is 2. The van der Waals surface area contributed by atoms with Gasteiger partial charge in [0.1, 0.15) is 5.75 Å². The van der Waals surface area contributed by atoms with Gasteiger partial charge in [0.2, 0.25) is 0 Å². The number of hydrogen-bond acceptors (Lipinski definition) is 7. The Labute approximate surface area is 235 Å². The van der Waals surface area contributed by atoms with Crippen molar-refractivity contribution in [3.8, 4) is 17.0 Å². The summed E-state index contributed by atoms with van der Waals surface area (Å²) in [6.45, 7) is 3.51. The number of fused-ring (bicyclic) bond motifs is 1. The second-order valence-corrected chi connectivity index (χ2v) is 8.53. The lowest BCUT2D eigenvalue weighted by atomic mass is 10.0. The summed E-state index contributed by atoms with van der Waals surface area (Å²) in [7, 11) is 1.32. The third-order valence-electron chi connectivity index (χ3n) is 6.02. The molecular formula is C27H30ClF3N6O3. The molecule has 0 bridgehead atoms. The third kappa shape index (κ3) is 6.82. The van der Waals surface area contributed by atoms with Gasteiger partial charge in [-0.3, -0.25) is 9.20 Å². The van der Waals surface area contributed by atoms with Gasteiger partial charge in [-0.1, -0.05) is 6.92 Å². The number of benzene rings is 2. The van der Waals surface area contributed by atoms with Crippen LogP contribution in [0.25, 0.3) is 16.9 Å². The number of aryl methyl sites for hydroxylation is 1. The number of nitrogens with one attached hydrogen (secondary N) is 2. The van der Waals surface area contributed by atoms with E-state index in [1.807, 2.05) is 13.0 Å². The highest BCUT2D eigenvalue weighted by atomic mass is 35.5. The van der Waals surface area contributed by atoms with Crippen molar-refractivity contribution in [2.75, 3.05) is 38.7 Å². The van der Waals surface area contributed by atoms with Crippen molar-refractivity contribution < 1.29 is 27.4 Å². The molecule has 4 N–H and O–H groups in total. The number of nitrogens with zero attached hydrogens (tertiary/aromatic N) is 3. The van der Waals surface area contributed by atoms with E-state index in [1.165, 1.54) is 31.6 Å². The summed E-state index contributed by atoms with van der Waals surface area (Å²) in [6.07, 6.45) is 0.415. The molecule has 4 rings (SSSR count). The lowest BCUT2D eigenvalue weighted by Crippen LogP contribution is -2.28. The molecule has 0 unspecified atom stereocenters. The number of hydrogen-bond donors (Lipinski definition) is 3. The van der Waals surface area contributed by atoms with Crippen molar-refractivity contribution in [1.29, 1.82) is 0 Å². The molecule has 1 amide bonds. The third-order valence-corrected chi connectivity index (χ3v) is 6.02. The normalized spacial score (nSPS) is 11.2. The van der Waals surface area contributed by atoms with E-state index in [9.17, 15) is 18.0 Å². The van der Waals surface area contributed by atoms with Crippen LogP contribution in [0.2, 0.25) is 0 Å². The van der Waals surface area contributed by atoms with Crippen LogP contribution < -0.4 is 21.1 Å². The van der Waals surface area contributed by atoms with Gasteiger partial charge in [-0.05, 0) is 48.4 Å². The van der Waals surface area contributed by atoms with Crippen LogP contribution in [0.5, 0.6) is 5.75 Å². The van der Waals surface area contributed by atoms with Crippen LogP contribution in [0.1, 0.15) is 28.4 Å². The van der Waals surface area contributed by atoms with Gasteiger partial charge in [-0.15, -0.1) is 12.4 Å². The summed E-state index contributed by atoms with van der Waals surface area (Å²) in [6, 6.07) is 9.08. The minimum Gasteiger partial charge on any atom is -0.497 e. The first-order valence-electron chi connectivity index (χ1n) is 12.3. The van der Waals surface area contributed by atoms with Crippen molar-refractivity contribution in [3.05, 3.63) is 71.7 Å². The van der Waals surface area contributed by atoms with E-state index >= 15 is 0 Å². The molecule has 2 aromatic carbocycles. The van der Waals surface area contributed by atoms with Crippen LogP contribution in [0.4, 0.5) is 24.7 Å². The summed E-state index contributed by atoms with van der Waals surface area (Å²) in [5.41, 5.74) is 7.11. The number of carbonyl (C=O) groups is 1. The molecular weight excluding hydrogens is 549 g/mol. The van der Waals surface area contributed by atoms with E-state index in [1.54, 1.807) is 22.7 Å². The van der Waals surface area contributed by atoms with Crippen molar-refractivity contribution in [2.45, 2.75) is 19.5 Å². The zero-order chi connectivity index (χ0) is 28.0. The Morgan fingerprint density at radius 2 is 1.93 bits per heavy atom. The molecule has 40 heavy (non-hydrogen) atoms. The zero-order valence-corrected chi connectivity index (χ0v) is 22.7. The lowest BCUT2D eigenvalue weighted by Gasteiger charge is -2.15. The quantitative estimate of drug-likeness (QED) is 0.218. The summed E-state index contributed by atoms with van der Waals surface area (Å²) < 4.78 is 53.4. The topological polar surface area (TPSA) is 116 Å². The van der Waals surface area contributed by atoms with Gasteiger partial charge in [-0.2, -0.15) is 13.2 Å². The van der Waals surface area contributed by atoms with Gasteiger partial charge >= 0.3 is 6.18 Å². The Morgan fingerprint density at radius 3 is 2.62 bits per heavy atom. The monoisotopic (exact) mass is 578 g/mol. The van der Waals surface area contributed by atoms with Crippen LogP contribution in [-0.2, 0) is 17.3 Å². The maximum Gasteiger partial charge on any atom is 0.417 e. The second kappa shape index (κ2) is 13.5. The zero-order valence-electron chi connectivity index (χ0n) is 21.9. The van der Waals surface area contributed by atoms with E-state index in [0.717, 1.165) is 11.6 Å². The average molecular weight is 579 g/mol. The van der Waals surface area contributed by atoms with Crippen LogP contribution in [0.3, 0.4) is 0 Å². The first-order chi connectivity index (χ1) is 18.8. The molecule has 0 saturated heterocycles. The Bertz CT molecular complexity index is 1460. The molecule has 2 aromatic heterocycles. The van der Waals surface area contributed by atoms with Gasteiger partial charge in [-0.25, -0.2) is 9.97 Å². The maximum absolute atomic E-state index is 13.9. The average Bonchev–Trinajstić information content (AvgIpc) is 3.37. The minimum absolute atomic E-state index is 0. The van der Waals surface area contributed by atoms with Gasteiger partial charge in [0.15, 0.2) is 11.5 Å². The number of imidazole rings is 1. The number of ether oxygens (including phenoxy) is 2. The summed E-state index contributed by atoms with van der Waals surface area (Å²) >= 11 is 0. The number of carbonyl (C=O) groups excluding carboxylic acids is 1. The highest BCUT2D eigenvalue weighted by Gasteiger charge is 2.35. The van der Waals surface area contributed by atoms with Crippen LogP contribution >= 0.6 is 12.4 Å². The fourth-order valence-electron chi connectivity index (χ4n) is 4.15. The second-order valence-electron chi connectivity index (χ2n) is 8.53. The fraction of sp³-hybridized carbons (Fsp3) is 0.296. The molecule has 0 atom stereocenters. The van der Waals surface area contributed by atoms with Gasteiger partial charge < -0.3 is 25.8 Å². The largest absolute Gasteiger partial charge is 0.497 e. The molecule has 0 aliphatic rings. The molecule has 13 heteroatoms. The Hall–Kier alpha value is -3.87. The number of aromatic nitrogens is 3. The summed E-state index contributed by atoms with van der Waals surface area (Å²) in [4.78, 5) is 21.4. The van der Waals surface area contributed by atoms with Gasteiger partial charge in [0.25, 0.3) is 5.91 Å². The van der Waals surface area contributed by atoms with Gasteiger partial charge in [0, 0.05) is 42.3 Å². The molecule has 0 aliphatic heterocycles. The summed E-state index contributed by atoms with van der Waals surface area (Å²) in [5, 5.41) is 6.01. The molecule has 9 nitrogen and oxygen atoms in total. The minimum atomic E-state index is -4.59. The number of nitrogens with two attached hydrogens (primary N) is 1. The first-order valence-corrected chi connectivity index (χ1v) is 12.3. The molecule has 0 saturated carbocycles. The highest BCUT2D eigenvalue weighted by molar-refractivity contribution is 5.96. The molecule has 2 heterocycles. The molecule has 0 radical (unpaired) electrons. The maximum atomic E-state index is 13.9. The van der Waals surface area contributed by atoms with Crippen LogP contribution in [-0.4, -0.2) is 53.7 Å². The predicted octanol–water partition coefficient (Wildman–Crippen LogP) is 4.86. The van der Waals surface area contributed by atoms with E-state index in [0.29, 0.717) is 55.4 Å². The van der Waals surface area contributed by atoms with E-state index in [-0.39, 0.29) is 35.3 Å². The molecule has 0 aliphatic carbocycles. The molecule has 4 aromatic rings. The van der Waals surface area contributed by atoms with Crippen LogP contribution in [0.15, 0.2) is 55.0 Å². The number of alkyl halides is 3. The van der Waals surface area contributed by atoms with Gasteiger partial charge in [0.05, 0.1) is 37.8 Å². The van der Waals surface area contributed by atoms with Crippen LogP contribution in [0, 0.1) is 0 Å². The molecule has 0 spiro atoms. The highest BCUT2D eigenvalue weighted by Crippen LogP contribution is 2.39. The van der Waals surface area contributed by atoms with Crippen molar-refractivity contribution in [3.63, 3.8) is 0 Å². The molecule has 0 fully saturated rings. The first kappa shape index (κ1) is 30.7. The van der Waals surface area contributed by atoms with Crippen molar-refractivity contribution >= 4 is 35.5 Å². The Kier molecular flexibility index (Phi) is 10.3. The van der Waals surface area contributed by atoms with E-state index in [4.69, 9.17) is 15.2 Å². The van der Waals surface area contributed by atoms with E-state index < -0.39 is 11.7 Å². The molecule has 214 valence electrons. The Balaban J connectivity index is 0.00000441. The Morgan fingerprint density at radius 1 is 1.12 bits per heavy atom. The summed E-state index contributed by atoms with van der Waals surface area (Å²) in [5.74, 6) is 0.239. The fourth-order valence-corrected chi connectivity index (χ4v) is 4.15. The number of methoxy groups -OCH3 is 1. The predicted molar refractivity (Wildman–Crippen MR) is 149 cm³/mol. The van der Waals surface area contributed by atoms with E-state index in [2.05, 4.69) is 20.6 Å². The lowest BCUT2D eigenvalue weighted by molar-refractivity contribution is -0.137. The number of halogens is 4.